The number of amides is 2. The first-order valence-electron chi connectivity index (χ1n) is 14.8. The Labute approximate surface area is 254 Å². The van der Waals surface area contributed by atoms with Crippen LogP contribution < -0.4 is 10.1 Å². The van der Waals surface area contributed by atoms with Crippen LogP contribution in [0.4, 0.5) is 5.69 Å². The Hall–Kier alpha value is -4.43. The summed E-state index contributed by atoms with van der Waals surface area (Å²) in [5.41, 5.74) is 4.17. The summed E-state index contributed by atoms with van der Waals surface area (Å²) in [6.07, 6.45) is 1.74. The maximum absolute atomic E-state index is 14.2. The summed E-state index contributed by atoms with van der Waals surface area (Å²) in [6, 6.07) is 21.5. The second-order valence-electron chi connectivity index (χ2n) is 11.0. The summed E-state index contributed by atoms with van der Waals surface area (Å²) < 4.78 is 11.9. The van der Waals surface area contributed by atoms with E-state index in [0.29, 0.717) is 36.7 Å². The van der Waals surface area contributed by atoms with E-state index in [1.165, 1.54) is 0 Å². The van der Waals surface area contributed by atoms with Crippen LogP contribution in [0.2, 0.25) is 0 Å². The molecule has 1 atom stereocenters. The van der Waals surface area contributed by atoms with Crippen molar-refractivity contribution in [3.63, 3.8) is 0 Å². The highest BCUT2D eigenvalue weighted by molar-refractivity contribution is 6.16. The average Bonchev–Trinajstić information content (AvgIpc) is 3.29. The van der Waals surface area contributed by atoms with Crippen molar-refractivity contribution in [2.45, 2.75) is 39.7 Å². The van der Waals surface area contributed by atoms with Gasteiger partial charge in [-0.05, 0) is 69.3 Å². The second kappa shape index (κ2) is 14.6. The molecule has 0 spiro atoms. The number of nitrogens with one attached hydrogen (secondary N) is 1. The first kappa shape index (κ1) is 31.5. The highest BCUT2D eigenvalue weighted by Crippen LogP contribution is 2.41. The number of anilines is 1. The number of hydrogen-bond donors (Lipinski definition) is 1. The van der Waals surface area contributed by atoms with Crippen molar-refractivity contribution in [3.8, 4) is 5.75 Å². The third-order valence-electron chi connectivity index (χ3n) is 7.27. The maximum Gasteiger partial charge on any atom is 0.290 e. The molecule has 0 fully saturated rings. The molecule has 43 heavy (non-hydrogen) atoms. The summed E-state index contributed by atoms with van der Waals surface area (Å²) in [7, 11) is 3.85. The quantitative estimate of drug-likeness (QED) is 0.249. The molecular formula is C35H41N3O5. The van der Waals surface area contributed by atoms with Crippen molar-refractivity contribution in [2.24, 2.45) is 0 Å². The minimum absolute atomic E-state index is 0.106. The molecule has 4 rings (SSSR count). The topological polar surface area (TPSA) is 88.2 Å². The van der Waals surface area contributed by atoms with Gasteiger partial charge in [0.05, 0.1) is 18.2 Å². The lowest BCUT2D eigenvalue weighted by Crippen LogP contribution is -2.37. The van der Waals surface area contributed by atoms with Gasteiger partial charge in [0.25, 0.3) is 11.8 Å². The standard InChI is InChI=1S/C35H41N3O5/c1-6-21-42-29-10-8-9-27(22-29)32-31(33(40)26-15-11-24(3)12-16-26)34(35(41)38(32)20-19-37(4)5)43-23-30(39)36-28-17-13-25(7-2)14-18-28/h8-18,22,32H,6-7,19-21,23H2,1-5H3,(H,36,39)/t32-/m0/s1. The zero-order valence-corrected chi connectivity index (χ0v) is 25.7. The third-order valence-corrected chi connectivity index (χ3v) is 7.27. The van der Waals surface area contributed by atoms with Crippen molar-refractivity contribution < 1.29 is 23.9 Å². The maximum atomic E-state index is 14.2. The molecule has 3 aromatic rings. The van der Waals surface area contributed by atoms with Crippen LogP contribution in [0.25, 0.3) is 0 Å². The molecule has 0 aromatic heterocycles. The molecule has 226 valence electrons. The number of benzene rings is 3. The van der Waals surface area contributed by atoms with Gasteiger partial charge in [-0.25, -0.2) is 0 Å². The Kier molecular flexibility index (Phi) is 10.7. The fourth-order valence-electron chi connectivity index (χ4n) is 4.91. The van der Waals surface area contributed by atoms with Gasteiger partial charge in [0.1, 0.15) is 5.75 Å². The lowest BCUT2D eigenvalue weighted by molar-refractivity contribution is -0.131. The van der Waals surface area contributed by atoms with Crippen LogP contribution in [0.1, 0.15) is 53.4 Å². The SMILES string of the molecule is CCCOc1cccc([C@H]2C(C(=O)c3ccc(C)cc3)=C(OCC(=O)Nc3ccc(CC)cc3)C(=O)N2CCN(C)C)c1. The van der Waals surface area contributed by atoms with Gasteiger partial charge >= 0.3 is 0 Å². The Balaban J connectivity index is 1.73. The minimum Gasteiger partial charge on any atom is -0.494 e. The predicted molar refractivity (Wildman–Crippen MR) is 168 cm³/mol. The fourth-order valence-corrected chi connectivity index (χ4v) is 4.91. The highest BCUT2D eigenvalue weighted by atomic mass is 16.5. The second-order valence-corrected chi connectivity index (χ2v) is 11.0. The molecule has 1 heterocycles. The highest BCUT2D eigenvalue weighted by Gasteiger charge is 2.45. The van der Waals surface area contributed by atoms with E-state index in [9.17, 15) is 14.4 Å². The molecule has 0 saturated heterocycles. The number of aryl methyl sites for hydroxylation is 2. The Morgan fingerprint density at radius 2 is 1.67 bits per heavy atom. The largest absolute Gasteiger partial charge is 0.494 e. The number of likely N-dealkylation sites (N-methyl/N-ethyl adjacent to an activating group) is 1. The van der Waals surface area contributed by atoms with E-state index in [1.54, 1.807) is 17.0 Å². The molecule has 2 amide bonds. The van der Waals surface area contributed by atoms with Gasteiger partial charge in [0.15, 0.2) is 18.1 Å². The molecule has 0 saturated carbocycles. The van der Waals surface area contributed by atoms with Crippen LogP contribution in [0.3, 0.4) is 0 Å². The van der Waals surface area contributed by atoms with Gasteiger partial charge in [-0.2, -0.15) is 0 Å². The van der Waals surface area contributed by atoms with E-state index in [4.69, 9.17) is 9.47 Å². The van der Waals surface area contributed by atoms with Crippen molar-refractivity contribution in [2.75, 3.05) is 45.7 Å². The predicted octanol–water partition coefficient (Wildman–Crippen LogP) is 5.58. The summed E-state index contributed by atoms with van der Waals surface area (Å²) >= 11 is 0. The zero-order valence-electron chi connectivity index (χ0n) is 25.7. The molecule has 3 aromatic carbocycles. The molecule has 1 N–H and O–H groups in total. The van der Waals surface area contributed by atoms with E-state index in [0.717, 1.165) is 29.5 Å². The van der Waals surface area contributed by atoms with E-state index in [1.807, 2.05) is 93.5 Å². The molecule has 0 unspecified atom stereocenters. The van der Waals surface area contributed by atoms with Crippen LogP contribution in [-0.4, -0.2) is 67.8 Å². The van der Waals surface area contributed by atoms with Crippen molar-refractivity contribution in [1.82, 2.24) is 9.80 Å². The van der Waals surface area contributed by atoms with Crippen LogP contribution in [-0.2, 0) is 20.7 Å². The van der Waals surface area contributed by atoms with Gasteiger partial charge < -0.3 is 24.6 Å². The van der Waals surface area contributed by atoms with Crippen LogP contribution in [0, 0.1) is 6.92 Å². The van der Waals surface area contributed by atoms with Crippen molar-refractivity contribution in [1.29, 1.82) is 0 Å². The minimum atomic E-state index is -0.717. The van der Waals surface area contributed by atoms with E-state index in [-0.39, 0.29) is 17.1 Å². The number of carbonyl (C=O) groups is 3. The summed E-state index contributed by atoms with van der Waals surface area (Å²) in [5.74, 6) is -0.626. The molecule has 8 nitrogen and oxygen atoms in total. The molecular weight excluding hydrogens is 542 g/mol. The molecule has 1 aliphatic heterocycles. The molecule has 8 heteroatoms. The molecule has 0 radical (unpaired) electrons. The van der Waals surface area contributed by atoms with Crippen molar-refractivity contribution in [3.05, 3.63) is 106 Å². The fraction of sp³-hybridized carbons (Fsp3) is 0.343. The normalized spacial score (nSPS) is 14.8. The van der Waals surface area contributed by atoms with E-state index >= 15 is 0 Å². The monoisotopic (exact) mass is 583 g/mol. The summed E-state index contributed by atoms with van der Waals surface area (Å²) in [6.45, 7) is 7.09. The number of Topliss-reactive ketones (excluding diaryl/α,β-unsaturated/α-hetero) is 1. The number of carbonyl (C=O) groups excluding carboxylic acids is 3. The first-order valence-corrected chi connectivity index (χ1v) is 14.8. The Bertz CT molecular complexity index is 1460. The lowest BCUT2D eigenvalue weighted by Gasteiger charge is -2.28. The number of nitrogens with zero attached hydrogens (tertiary/aromatic N) is 2. The van der Waals surface area contributed by atoms with Crippen LogP contribution >= 0.6 is 0 Å². The van der Waals surface area contributed by atoms with E-state index in [2.05, 4.69) is 12.2 Å². The lowest BCUT2D eigenvalue weighted by atomic mass is 9.92. The smallest absolute Gasteiger partial charge is 0.290 e. The van der Waals surface area contributed by atoms with Gasteiger partial charge in [-0.15, -0.1) is 0 Å². The Morgan fingerprint density at radius 3 is 2.33 bits per heavy atom. The molecule has 1 aliphatic rings. The van der Waals surface area contributed by atoms with Crippen LogP contribution in [0.5, 0.6) is 5.75 Å². The van der Waals surface area contributed by atoms with Gasteiger partial charge in [-0.1, -0.05) is 67.9 Å². The first-order chi connectivity index (χ1) is 20.7. The molecule has 0 aliphatic carbocycles. The van der Waals surface area contributed by atoms with Crippen LogP contribution in [0.15, 0.2) is 84.1 Å². The van der Waals surface area contributed by atoms with E-state index < -0.39 is 24.5 Å². The van der Waals surface area contributed by atoms with Gasteiger partial charge in [-0.3, -0.25) is 14.4 Å². The zero-order chi connectivity index (χ0) is 30.9. The van der Waals surface area contributed by atoms with Crippen molar-refractivity contribution >= 4 is 23.3 Å². The summed E-state index contributed by atoms with van der Waals surface area (Å²) in [5, 5.41) is 2.82. The number of ketones is 1. The number of ether oxygens (including phenoxy) is 2. The third kappa shape index (κ3) is 7.90. The number of rotatable bonds is 14. The van der Waals surface area contributed by atoms with Gasteiger partial charge in [0, 0.05) is 24.3 Å². The Morgan fingerprint density at radius 1 is 0.953 bits per heavy atom. The molecule has 0 bridgehead atoms. The van der Waals surface area contributed by atoms with Gasteiger partial charge in [0.2, 0.25) is 0 Å². The average molecular weight is 584 g/mol. The summed E-state index contributed by atoms with van der Waals surface area (Å²) in [4.78, 5) is 44.7. The number of hydrogen-bond acceptors (Lipinski definition) is 6.